The molecular formula is C37H51N3O5Si. The van der Waals surface area contributed by atoms with Crippen molar-refractivity contribution < 1.29 is 23.4 Å². The second-order valence-corrected chi connectivity index (χ2v) is 18.6. The van der Waals surface area contributed by atoms with E-state index in [4.69, 9.17) is 28.5 Å². The molecule has 0 amide bonds. The summed E-state index contributed by atoms with van der Waals surface area (Å²) < 4.78 is 32.8. The monoisotopic (exact) mass is 645 g/mol. The van der Waals surface area contributed by atoms with E-state index in [0.717, 1.165) is 64.9 Å². The minimum atomic E-state index is -2.02. The fourth-order valence-corrected chi connectivity index (χ4v) is 6.30. The molecule has 3 atom stereocenters. The van der Waals surface area contributed by atoms with Crippen molar-refractivity contribution in [3.63, 3.8) is 0 Å². The molecule has 1 aliphatic rings. The molecular weight excluding hydrogens is 595 g/mol. The maximum Gasteiger partial charge on any atom is 0.250 e. The Kier molecular flexibility index (Phi) is 11.3. The number of nitrogens with zero attached hydrogens (tertiary/aromatic N) is 3. The maximum absolute atomic E-state index is 6.71. The zero-order chi connectivity index (χ0) is 32.7. The Morgan fingerprint density at radius 3 is 2.52 bits per heavy atom. The maximum atomic E-state index is 6.71. The van der Waals surface area contributed by atoms with Gasteiger partial charge in [-0.3, -0.25) is 4.98 Å². The van der Waals surface area contributed by atoms with Gasteiger partial charge in [-0.05, 0) is 86.6 Å². The summed E-state index contributed by atoms with van der Waals surface area (Å²) in [6.45, 7) is 18.2. The molecule has 3 unspecified atom stereocenters. The number of fused-ring (bicyclic) bond motifs is 1. The zero-order valence-electron chi connectivity index (χ0n) is 28.6. The van der Waals surface area contributed by atoms with Crippen LogP contribution in [0, 0.1) is 0 Å². The van der Waals surface area contributed by atoms with Gasteiger partial charge >= 0.3 is 0 Å². The van der Waals surface area contributed by atoms with Gasteiger partial charge in [-0.15, -0.1) is 0 Å². The molecule has 5 rings (SSSR count). The lowest BCUT2D eigenvalue weighted by Gasteiger charge is -2.36. The highest BCUT2D eigenvalue weighted by molar-refractivity contribution is 6.74. The summed E-state index contributed by atoms with van der Waals surface area (Å²) in [4.78, 5) is 4.61. The molecule has 1 fully saturated rings. The fraction of sp³-hybridized carbons (Fsp3) is 0.514. The van der Waals surface area contributed by atoms with Gasteiger partial charge in [-0.2, -0.15) is 5.10 Å². The Bertz CT molecular complexity index is 1550. The summed E-state index contributed by atoms with van der Waals surface area (Å²) in [7, 11) is -2.02. The van der Waals surface area contributed by atoms with Crippen LogP contribution in [-0.4, -0.2) is 55.6 Å². The van der Waals surface area contributed by atoms with Gasteiger partial charge in [0.2, 0.25) is 8.32 Å². The molecule has 2 aromatic heterocycles. The molecule has 248 valence electrons. The number of hydrogen-bond donors (Lipinski definition) is 0. The molecule has 4 aromatic rings. The van der Waals surface area contributed by atoms with Crippen LogP contribution < -0.4 is 4.43 Å². The van der Waals surface area contributed by atoms with Gasteiger partial charge in [-0.25, -0.2) is 4.68 Å². The average Bonchev–Trinajstić information content (AvgIpc) is 3.42. The molecule has 9 heteroatoms. The van der Waals surface area contributed by atoms with Crippen molar-refractivity contribution >= 4 is 19.2 Å². The molecule has 0 spiro atoms. The first kappa shape index (κ1) is 34.3. The Labute approximate surface area is 275 Å². The first-order valence-corrected chi connectivity index (χ1v) is 19.6. The standard InChI is InChI=1S/C37H51N3O5Si/c1-27(44-26-29-13-9-8-10-14-29)25-41-19-20-42-28(2)30-21-31(24-38-23-30)36-33-22-32(45-46(6,7)37(3,4)5)16-17-34(33)40(39-36)35-15-11-12-18-43-35/h8-10,13-14,16-17,21-24,27-28,35H,11-12,15,18-20,25-26H2,1-7H3. The number of aromatic nitrogens is 3. The third-order valence-electron chi connectivity index (χ3n) is 9.11. The molecule has 0 radical (unpaired) electrons. The van der Waals surface area contributed by atoms with Crippen LogP contribution in [-0.2, 0) is 25.6 Å². The zero-order valence-corrected chi connectivity index (χ0v) is 29.6. The van der Waals surface area contributed by atoms with Gasteiger partial charge in [0.15, 0.2) is 6.23 Å². The number of ether oxygens (including phenoxy) is 4. The Balaban J connectivity index is 1.26. The van der Waals surface area contributed by atoms with Crippen molar-refractivity contribution in [2.24, 2.45) is 0 Å². The summed E-state index contributed by atoms with van der Waals surface area (Å²) in [6.07, 6.45) is 6.67. The van der Waals surface area contributed by atoms with Crippen molar-refractivity contribution in [2.75, 3.05) is 26.4 Å². The van der Waals surface area contributed by atoms with Crippen LogP contribution in [0.1, 0.15) is 77.3 Å². The van der Waals surface area contributed by atoms with Gasteiger partial charge in [0.25, 0.3) is 0 Å². The summed E-state index contributed by atoms with van der Waals surface area (Å²) in [6, 6.07) is 18.7. The van der Waals surface area contributed by atoms with Crippen LogP contribution in [0.4, 0.5) is 0 Å². The van der Waals surface area contributed by atoms with Crippen molar-refractivity contribution in [1.82, 2.24) is 14.8 Å². The lowest BCUT2D eigenvalue weighted by Crippen LogP contribution is -2.43. The van der Waals surface area contributed by atoms with Gasteiger partial charge in [-0.1, -0.05) is 51.1 Å². The van der Waals surface area contributed by atoms with Crippen molar-refractivity contribution in [1.29, 1.82) is 0 Å². The van der Waals surface area contributed by atoms with Crippen LogP contribution in [0.15, 0.2) is 67.0 Å². The van der Waals surface area contributed by atoms with E-state index in [1.807, 2.05) is 44.4 Å². The van der Waals surface area contributed by atoms with Gasteiger partial charge in [0.05, 0.1) is 44.2 Å². The predicted octanol–water partition coefficient (Wildman–Crippen LogP) is 8.88. The lowest BCUT2D eigenvalue weighted by atomic mass is 10.1. The van der Waals surface area contributed by atoms with Crippen molar-refractivity contribution in [3.8, 4) is 17.0 Å². The average molecular weight is 646 g/mol. The summed E-state index contributed by atoms with van der Waals surface area (Å²) in [5.41, 5.74) is 5.00. The van der Waals surface area contributed by atoms with Crippen LogP contribution in [0.25, 0.3) is 22.2 Å². The first-order chi connectivity index (χ1) is 22.0. The minimum Gasteiger partial charge on any atom is -0.543 e. The van der Waals surface area contributed by atoms with Crippen LogP contribution in [0.2, 0.25) is 18.1 Å². The molecule has 0 saturated carbocycles. The van der Waals surface area contributed by atoms with Gasteiger partial charge < -0.3 is 23.4 Å². The number of hydrogen-bond acceptors (Lipinski definition) is 7. The van der Waals surface area contributed by atoms with E-state index in [2.05, 4.69) is 79.9 Å². The van der Waals surface area contributed by atoms with Crippen molar-refractivity contribution in [2.45, 2.75) is 97.1 Å². The van der Waals surface area contributed by atoms with Gasteiger partial charge in [0.1, 0.15) is 11.4 Å². The normalized spacial score (nSPS) is 17.2. The Hall–Kier alpha value is -3.08. The second kappa shape index (κ2) is 15.2. The van der Waals surface area contributed by atoms with Crippen LogP contribution >= 0.6 is 0 Å². The topological polar surface area (TPSA) is 76.9 Å². The van der Waals surface area contributed by atoms with E-state index >= 15 is 0 Å². The fourth-order valence-electron chi connectivity index (χ4n) is 5.28. The van der Waals surface area contributed by atoms with E-state index in [9.17, 15) is 0 Å². The van der Waals surface area contributed by atoms with E-state index in [1.54, 1.807) is 0 Å². The minimum absolute atomic E-state index is 0.0000510. The third kappa shape index (κ3) is 8.63. The van der Waals surface area contributed by atoms with E-state index in [0.29, 0.717) is 26.4 Å². The Morgan fingerprint density at radius 2 is 1.78 bits per heavy atom. The summed E-state index contributed by atoms with van der Waals surface area (Å²) in [5.74, 6) is 0.880. The molecule has 0 N–H and O–H groups in total. The number of benzene rings is 2. The molecule has 8 nitrogen and oxygen atoms in total. The molecule has 1 aliphatic heterocycles. The highest BCUT2D eigenvalue weighted by Crippen LogP contribution is 2.40. The SMILES string of the molecule is CC(COCCOC(C)c1cncc(-c2nn(C3CCCCO3)c3ccc(O[Si](C)(C)C(C)(C)C)cc23)c1)OCc1ccccc1. The molecule has 1 saturated heterocycles. The van der Waals surface area contributed by atoms with Crippen molar-refractivity contribution in [3.05, 3.63) is 78.1 Å². The summed E-state index contributed by atoms with van der Waals surface area (Å²) >= 11 is 0. The van der Waals surface area contributed by atoms with Crippen LogP contribution in [0.3, 0.4) is 0 Å². The Morgan fingerprint density at radius 1 is 0.978 bits per heavy atom. The number of rotatable bonds is 14. The quantitative estimate of drug-likeness (QED) is 0.100. The molecule has 0 bridgehead atoms. The highest BCUT2D eigenvalue weighted by atomic mass is 28.4. The molecule has 2 aromatic carbocycles. The number of pyridine rings is 1. The van der Waals surface area contributed by atoms with E-state index in [1.165, 1.54) is 0 Å². The highest BCUT2D eigenvalue weighted by Gasteiger charge is 2.39. The molecule has 3 heterocycles. The van der Waals surface area contributed by atoms with Crippen LogP contribution in [0.5, 0.6) is 5.75 Å². The van der Waals surface area contributed by atoms with E-state index in [-0.39, 0.29) is 23.5 Å². The molecule has 0 aliphatic carbocycles. The third-order valence-corrected chi connectivity index (χ3v) is 13.5. The first-order valence-electron chi connectivity index (χ1n) is 16.6. The predicted molar refractivity (Wildman–Crippen MR) is 186 cm³/mol. The summed E-state index contributed by atoms with van der Waals surface area (Å²) in [5, 5.41) is 6.28. The van der Waals surface area contributed by atoms with Gasteiger partial charge in [0, 0.05) is 30.0 Å². The second-order valence-electron chi connectivity index (χ2n) is 13.9. The lowest BCUT2D eigenvalue weighted by molar-refractivity contribution is -0.0388. The van der Waals surface area contributed by atoms with E-state index < -0.39 is 8.32 Å². The molecule has 46 heavy (non-hydrogen) atoms. The smallest absolute Gasteiger partial charge is 0.250 e. The largest absolute Gasteiger partial charge is 0.543 e.